The van der Waals surface area contributed by atoms with Gasteiger partial charge in [-0.25, -0.2) is 0 Å². The lowest BCUT2D eigenvalue weighted by atomic mass is 10.1. The number of carbonyl (C=O) groups excluding carboxylic acids is 1. The van der Waals surface area contributed by atoms with Crippen LogP contribution >= 0.6 is 15.9 Å². The van der Waals surface area contributed by atoms with Gasteiger partial charge in [0.05, 0.1) is 24.0 Å². The fourth-order valence-corrected chi connectivity index (χ4v) is 2.29. The largest absolute Gasteiger partial charge is 0.396 e. The molecule has 0 aliphatic carbocycles. The van der Waals surface area contributed by atoms with Gasteiger partial charge in [-0.2, -0.15) is 5.10 Å². The van der Waals surface area contributed by atoms with Crippen LogP contribution in [0.1, 0.15) is 10.4 Å². The van der Waals surface area contributed by atoms with E-state index in [4.69, 9.17) is 11.5 Å². The van der Waals surface area contributed by atoms with Crippen LogP contribution in [0.2, 0.25) is 0 Å². The Bertz CT molecular complexity index is 596. The van der Waals surface area contributed by atoms with Crippen molar-refractivity contribution in [2.75, 3.05) is 17.6 Å². The molecule has 0 unspecified atom stereocenters. The predicted octanol–water partition coefficient (Wildman–Crippen LogP) is 1.44. The molecule has 0 saturated carbocycles. The number of anilines is 2. The van der Waals surface area contributed by atoms with Crippen molar-refractivity contribution >= 4 is 33.2 Å². The maximum atomic E-state index is 11.4. The molecule has 1 aromatic heterocycles. The van der Waals surface area contributed by atoms with E-state index in [-0.39, 0.29) is 0 Å². The number of hydrogen-bond acceptors (Lipinski definition) is 4. The fraction of sp³-hybridized carbons (Fsp3) is 0.167. The Morgan fingerprint density at radius 1 is 1.47 bits per heavy atom. The summed E-state index contributed by atoms with van der Waals surface area (Å²) in [7, 11) is 0. The van der Waals surface area contributed by atoms with Gasteiger partial charge in [-0.05, 0) is 28.1 Å². The van der Waals surface area contributed by atoms with E-state index < -0.39 is 5.91 Å². The van der Waals surface area contributed by atoms with E-state index >= 15 is 0 Å². The van der Waals surface area contributed by atoms with Crippen LogP contribution in [0.5, 0.6) is 0 Å². The smallest absolute Gasteiger partial charge is 0.251 e. The molecule has 5 N–H and O–H groups in total. The zero-order chi connectivity index (χ0) is 13.8. The molecule has 0 aliphatic heterocycles. The van der Waals surface area contributed by atoms with Crippen molar-refractivity contribution in [2.45, 2.75) is 6.54 Å². The monoisotopic (exact) mass is 323 g/mol. The number of aromatic nitrogens is 2. The minimum atomic E-state index is -0.474. The molecule has 2 aromatic rings. The summed E-state index contributed by atoms with van der Waals surface area (Å²) < 4.78 is 2.40. The summed E-state index contributed by atoms with van der Waals surface area (Å²) >= 11 is 3.31. The lowest BCUT2D eigenvalue weighted by molar-refractivity contribution is 0.100. The van der Waals surface area contributed by atoms with Gasteiger partial charge in [0.2, 0.25) is 0 Å². The van der Waals surface area contributed by atoms with Gasteiger partial charge in [-0.15, -0.1) is 0 Å². The van der Waals surface area contributed by atoms with E-state index in [1.165, 1.54) is 0 Å². The van der Waals surface area contributed by atoms with Gasteiger partial charge in [0, 0.05) is 22.9 Å². The van der Waals surface area contributed by atoms with Crippen molar-refractivity contribution < 1.29 is 4.79 Å². The highest BCUT2D eigenvalue weighted by molar-refractivity contribution is 9.10. The van der Waals surface area contributed by atoms with Crippen LogP contribution in [-0.4, -0.2) is 22.2 Å². The second kappa shape index (κ2) is 5.75. The number of nitrogens with zero attached hydrogens (tertiary/aromatic N) is 2. The van der Waals surface area contributed by atoms with Crippen molar-refractivity contribution in [1.82, 2.24) is 9.78 Å². The molecule has 0 radical (unpaired) electrons. The van der Waals surface area contributed by atoms with Crippen LogP contribution in [-0.2, 0) is 6.54 Å². The molecule has 0 bridgehead atoms. The number of rotatable bonds is 5. The summed E-state index contributed by atoms with van der Waals surface area (Å²) in [5.41, 5.74) is 12.7. The lowest BCUT2D eigenvalue weighted by Gasteiger charge is -2.11. The Labute approximate surface area is 118 Å². The number of benzene rings is 1. The van der Waals surface area contributed by atoms with Crippen LogP contribution < -0.4 is 16.8 Å². The third-order valence-electron chi connectivity index (χ3n) is 2.57. The van der Waals surface area contributed by atoms with Crippen molar-refractivity contribution in [3.05, 3.63) is 40.6 Å². The first-order valence-corrected chi connectivity index (χ1v) is 6.47. The Balaban J connectivity index is 2.03. The van der Waals surface area contributed by atoms with Gasteiger partial charge >= 0.3 is 0 Å². The molecule has 0 fully saturated rings. The second-order valence-electron chi connectivity index (χ2n) is 3.99. The molecule has 100 valence electrons. The van der Waals surface area contributed by atoms with Gasteiger partial charge in [-0.1, -0.05) is 6.07 Å². The third-order valence-corrected chi connectivity index (χ3v) is 3.23. The minimum absolute atomic E-state index is 0.447. The van der Waals surface area contributed by atoms with E-state index in [1.54, 1.807) is 23.1 Å². The van der Waals surface area contributed by atoms with Crippen molar-refractivity contribution in [3.63, 3.8) is 0 Å². The van der Waals surface area contributed by atoms with Crippen molar-refractivity contribution in [2.24, 2.45) is 5.73 Å². The molecule has 1 amide bonds. The van der Waals surface area contributed by atoms with E-state index in [1.807, 2.05) is 12.1 Å². The normalized spacial score (nSPS) is 10.4. The zero-order valence-electron chi connectivity index (χ0n) is 10.1. The van der Waals surface area contributed by atoms with Crippen LogP contribution in [0.4, 0.5) is 11.4 Å². The number of nitrogen functional groups attached to an aromatic ring is 1. The molecule has 0 saturated heterocycles. The molecule has 6 nitrogen and oxygen atoms in total. The number of nitrogens with one attached hydrogen (secondary N) is 1. The summed E-state index contributed by atoms with van der Waals surface area (Å²) in [6.45, 7) is 1.25. The Morgan fingerprint density at radius 3 is 2.89 bits per heavy atom. The number of carbonyl (C=O) groups is 1. The summed E-state index contributed by atoms with van der Waals surface area (Å²) in [5.74, 6) is -0.474. The van der Waals surface area contributed by atoms with Crippen molar-refractivity contribution in [3.8, 4) is 0 Å². The van der Waals surface area contributed by atoms with Crippen LogP contribution in [0.15, 0.2) is 35.1 Å². The standard InChI is InChI=1S/C12H14BrN5O/c13-9-2-1-3-10(11(9)12(15)19)16-4-5-18-7-8(14)6-17-18/h1-3,6-7,16H,4-5,14H2,(H2,15,19). The number of nitrogens with two attached hydrogens (primary N) is 2. The number of amides is 1. The molecular formula is C12H14BrN5O. The molecule has 0 aliphatic rings. The Hall–Kier alpha value is -2.02. The molecule has 1 heterocycles. The zero-order valence-corrected chi connectivity index (χ0v) is 11.7. The number of halogens is 1. The molecule has 7 heteroatoms. The summed E-state index contributed by atoms with van der Waals surface area (Å²) in [6.07, 6.45) is 3.34. The first kappa shape index (κ1) is 13.4. The molecule has 19 heavy (non-hydrogen) atoms. The predicted molar refractivity (Wildman–Crippen MR) is 77.8 cm³/mol. The Morgan fingerprint density at radius 2 is 2.26 bits per heavy atom. The topological polar surface area (TPSA) is 99.0 Å². The summed E-state index contributed by atoms with van der Waals surface area (Å²) in [6, 6.07) is 5.42. The molecule has 0 atom stereocenters. The average Bonchev–Trinajstić information content (AvgIpc) is 2.74. The Kier molecular flexibility index (Phi) is 4.06. The van der Waals surface area contributed by atoms with E-state index in [0.29, 0.717) is 34.5 Å². The van der Waals surface area contributed by atoms with Gasteiger partial charge in [-0.3, -0.25) is 9.48 Å². The second-order valence-corrected chi connectivity index (χ2v) is 4.84. The maximum absolute atomic E-state index is 11.4. The van der Waals surface area contributed by atoms with Crippen LogP contribution in [0.3, 0.4) is 0 Å². The van der Waals surface area contributed by atoms with E-state index in [9.17, 15) is 4.79 Å². The average molecular weight is 324 g/mol. The quantitative estimate of drug-likeness (QED) is 0.775. The van der Waals surface area contributed by atoms with Crippen LogP contribution in [0, 0.1) is 0 Å². The number of primary amides is 1. The highest BCUT2D eigenvalue weighted by atomic mass is 79.9. The van der Waals surface area contributed by atoms with E-state index in [2.05, 4.69) is 26.3 Å². The minimum Gasteiger partial charge on any atom is -0.396 e. The lowest BCUT2D eigenvalue weighted by Crippen LogP contribution is -2.17. The maximum Gasteiger partial charge on any atom is 0.251 e. The molecule has 0 spiro atoms. The SMILES string of the molecule is NC(=O)c1c(Br)cccc1NCCn1cc(N)cn1. The van der Waals surface area contributed by atoms with Crippen LogP contribution in [0.25, 0.3) is 0 Å². The van der Waals surface area contributed by atoms with E-state index in [0.717, 1.165) is 0 Å². The van der Waals surface area contributed by atoms with Gasteiger partial charge in [0.1, 0.15) is 0 Å². The first-order valence-electron chi connectivity index (χ1n) is 5.68. The summed E-state index contributed by atoms with van der Waals surface area (Å²) in [4.78, 5) is 11.4. The third kappa shape index (κ3) is 3.25. The molecular weight excluding hydrogens is 310 g/mol. The molecule has 1 aromatic carbocycles. The number of hydrogen-bond donors (Lipinski definition) is 3. The van der Waals surface area contributed by atoms with Gasteiger partial charge in [0.25, 0.3) is 5.91 Å². The van der Waals surface area contributed by atoms with Gasteiger partial charge in [0.15, 0.2) is 0 Å². The van der Waals surface area contributed by atoms with Crippen molar-refractivity contribution in [1.29, 1.82) is 0 Å². The highest BCUT2D eigenvalue weighted by Crippen LogP contribution is 2.24. The summed E-state index contributed by atoms with van der Waals surface area (Å²) in [5, 5.41) is 7.23. The molecule has 2 rings (SSSR count). The fourth-order valence-electron chi connectivity index (χ4n) is 1.73. The first-order chi connectivity index (χ1) is 9.08. The highest BCUT2D eigenvalue weighted by Gasteiger charge is 2.11. The van der Waals surface area contributed by atoms with Gasteiger partial charge < -0.3 is 16.8 Å².